The van der Waals surface area contributed by atoms with Gasteiger partial charge in [0.05, 0.1) is 0 Å². The van der Waals surface area contributed by atoms with Gasteiger partial charge in [0.1, 0.15) is 6.04 Å². The molecule has 0 saturated carbocycles. The van der Waals surface area contributed by atoms with E-state index in [9.17, 15) is 9.59 Å². The van der Waals surface area contributed by atoms with Crippen molar-refractivity contribution >= 4 is 11.8 Å². The Balaban J connectivity index is 1.75. The third-order valence-corrected chi connectivity index (χ3v) is 3.77. The topological polar surface area (TPSA) is 67.9 Å². The third kappa shape index (κ3) is 2.66. The molecular formula is C15H18N2O4. The predicted molar refractivity (Wildman–Crippen MR) is 74.8 cm³/mol. The van der Waals surface area contributed by atoms with Gasteiger partial charge in [-0.25, -0.2) is 0 Å². The molecule has 1 aromatic carbocycles. The van der Waals surface area contributed by atoms with Crippen molar-refractivity contribution in [3.8, 4) is 11.5 Å². The molecule has 0 radical (unpaired) electrons. The highest BCUT2D eigenvalue weighted by Crippen LogP contribution is 2.33. The fourth-order valence-electron chi connectivity index (χ4n) is 2.73. The average molecular weight is 290 g/mol. The number of carbonyl (C=O) groups is 2. The molecule has 2 aliphatic heterocycles. The minimum Gasteiger partial charge on any atom is -0.454 e. The SMILES string of the molecule is CCNC(=O)[C@@H]1CCC(=O)N1Cc1ccc2c(c1)OCO2. The molecule has 0 aliphatic carbocycles. The van der Waals surface area contributed by atoms with Gasteiger partial charge in [-0.1, -0.05) is 6.07 Å². The fourth-order valence-corrected chi connectivity index (χ4v) is 2.73. The number of likely N-dealkylation sites (tertiary alicyclic amines) is 1. The first kappa shape index (κ1) is 13.7. The van der Waals surface area contributed by atoms with Crippen LogP contribution in [0.1, 0.15) is 25.3 Å². The van der Waals surface area contributed by atoms with E-state index in [2.05, 4.69) is 5.32 Å². The van der Waals surface area contributed by atoms with E-state index in [0.29, 0.717) is 37.4 Å². The van der Waals surface area contributed by atoms with Gasteiger partial charge in [-0.05, 0) is 31.0 Å². The number of hydrogen-bond donors (Lipinski definition) is 1. The minimum absolute atomic E-state index is 0.0175. The summed E-state index contributed by atoms with van der Waals surface area (Å²) in [5.74, 6) is 1.34. The molecule has 1 saturated heterocycles. The van der Waals surface area contributed by atoms with E-state index in [0.717, 1.165) is 5.56 Å². The van der Waals surface area contributed by atoms with Gasteiger partial charge in [-0.15, -0.1) is 0 Å². The van der Waals surface area contributed by atoms with Crippen LogP contribution >= 0.6 is 0 Å². The molecule has 6 nitrogen and oxygen atoms in total. The van der Waals surface area contributed by atoms with Crippen LogP contribution in [-0.2, 0) is 16.1 Å². The van der Waals surface area contributed by atoms with Crippen molar-refractivity contribution in [3.63, 3.8) is 0 Å². The summed E-state index contributed by atoms with van der Waals surface area (Å²) in [6, 6.07) is 5.22. The first-order valence-electron chi connectivity index (χ1n) is 7.14. The summed E-state index contributed by atoms with van der Waals surface area (Å²) in [6.07, 6.45) is 1.00. The van der Waals surface area contributed by atoms with Crippen molar-refractivity contribution in [2.45, 2.75) is 32.4 Å². The number of amides is 2. The molecule has 0 unspecified atom stereocenters. The molecule has 21 heavy (non-hydrogen) atoms. The van der Waals surface area contributed by atoms with Crippen LogP contribution in [0.2, 0.25) is 0 Å². The maximum absolute atomic E-state index is 12.0. The largest absolute Gasteiger partial charge is 0.454 e. The summed E-state index contributed by atoms with van der Waals surface area (Å²) < 4.78 is 10.6. The minimum atomic E-state index is -0.372. The highest BCUT2D eigenvalue weighted by molar-refractivity contribution is 5.90. The number of ether oxygens (including phenoxy) is 2. The number of nitrogens with zero attached hydrogens (tertiary/aromatic N) is 1. The zero-order valence-electron chi connectivity index (χ0n) is 11.9. The number of rotatable bonds is 4. The second-order valence-electron chi connectivity index (χ2n) is 5.16. The lowest BCUT2D eigenvalue weighted by molar-refractivity contribution is -0.135. The first-order valence-corrected chi connectivity index (χ1v) is 7.14. The maximum atomic E-state index is 12.0. The van der Waals surface area contributed by atoms with Gasteiger partial charge in [0.15, 0.2) is 11.5 Å². The van der Waals surface area contributed by atoms with Crippen molar-refractivity contribution in [2.75, 3.05) is 13.3 Å². The smallest absolute Gasteiger partial charge is 0.242 e. The standard InChI is InChI=1S/C15H18N2O4/c1-2-16-15(19)11-4-6-14(18)17(11)8-10-3-5-12-13(7-10)21-9-20-12/h3,5,7,11H,2,4,6,8-9H2,1H3,(H,16,19)/t11-/m0/s1. The van der Waals surface area contributed by atoms with Crippen LogP contribution in [0.25, 0.3) is 0 Å². The van der Waals surface area contributed by atoms with Gasteiger partial charge < -0.3 is 19.7 Å². The van der Waals surface area contributed by atoms with Crippen LogP contribution in [-0.4, -0.2) is 36.1 Å². The number of nitrogens with one attached hydrogen (secondary N) is 1. The quantitative estimate of drug-likeness (QED) is 0.899. The van der Waals surface area contributed by atoms with Crippen molar-refractivity contribution in [1.82, 2.24) is 10.2 Å². The molecular weight excluding hydrogens is 272 g/mol. The summed E-state index contributed by atoms with van der Waals surface area (Å²) in [5, 5.41) is 2.79. The molecule has 2 heterocycles. The zero-order valence-corrected chi connectivity index (χ0v) is 11.9. The van der Waals surface area contributed by atoms with Crippen LogP contribution in [0.4, 0.5) is 0 Å². The molecule has 3 rings (SSSR count). The Bertz CT molecular complexity index is 573. The molecule has 1 N–H and O–H groups in total. The average Bonchev–Trinajstić information content (AvgIpc) is 3.06. The van der Waals surface area contributed by atoms with Crippen molar-refractivity contribution in [1.29, 1.82) is 0 Å². The summed E-state index contributed by atoms with van der Waals surface area (Å²) >= 11 is 0. The highest BCUT2D eigenvalue weighted by Gasteiger charge is 2.35. The second-order valence-corrected chi connectivity index (χ2v) is 5.16. The van der Waals surface area contributed by atoms with Crippen LogP contribution in [0, 0.1) is 0 Å². The van der Waals surface area contributed by atoms with Gasteiger partial charge in [-0.3, -0.25) is 9.59 Å². The predicted octanol–water partition coefficient (Wildman–Crippen LogP) is 1.04. The summed E-state index contributed by atoms with van der Waals surface area (Å²) in [7, 11) is 0. The molecule has 6 heteroatoms. The summed E-state index contributed by atoms with van der Waals surface area (Å²) in [5.41, 5.74) is 0.934. The number of hydrogen-bond acceptors (Lipinski definition) is 4. The zero-order chi connectivity index (χ0) is 14.8. The van der Waals surface area contributed by atoms with Crippen molar-refractivity contribution < 1.29 is 19.1 Å². The normalized spacial score (nSPS) is 20.0. The lowest BCUT2D eigenvalue weighted by atomic mass is 10.1. The van der Waals surface area contributed by atoms with E-state index >= 15 is 0 Å². The van der Waals surface area contributed by atoms with Gasteiger partial charge in [0.2, 0.25) is 18.6 Å². The van der Waals surface area contributed by atoms with E-state index in [1.807, 2.05) is 25.1 Å². The molecule has 1 aromatic rings. The maximum Gasteiger partial charge on any atom is 0.242 e. The number of carbonyl (C=O) groups excluding carboxylic acids is 2. The molecule has 1 atom stereocenters. The van der Waals surface area contributed by atoms with Crippen LogP contribution in [0.3, 0.4) is 0 Å². The van der Waals surface area contributed by atoms with Crippen LogP contribution in [0.15, 0.2) is 18.2 Å². The molecule has 112 valence electrons. The van der Waals surface area contributed by atoms with E-state index < -0.39 is 0 Å². The van der Waals surface area contributed by atoms with E-state index in [1.54, 1.807) is 4.90 Å². The van der Waals surface area contributed by atoms with E-state index in [1.165, 1.54) is 0 Å². The molecule has 1 fully saturated rings. The lowest BCUT2D eigenvalue weighted by Gasteiger charge is -2.24. The fraction of sp³-hybridized carbons (Fsp3) is 0.467. The Hall–Kier alpha value is -2.24. The van der Waals surface area contributed by atoms with E-state index in [-0.39, 0.29) is 24.6 Å². The molecule has 0 spiro atoms. The summed E-state index contributed by atoms with van der Waals surface area (Å²) in [4.78, 5) is 25.7. The molecule has 0 bridgehead atoms. The number of likely N-dealkylation sites (N-methyl/N-ethyl adjacent to an activating group) is 1. The second kappa shape index (κ2) is 5.63. The monoisotopic (exact) mass is 290 g/mol. The molecule has 0 aromatic heterocycles. The van der Waals surface area contributed by atoms with Crippen LogP contribution < -0.4 is 14.8 Å². The molecule has 2 amide bonds. The van der Waals surface area contributed by atoms with Crippen molar-refractivity contribution in [3.05, 3.63) is 23.8 Å². The van der Waals surface area contributed by atoms with Gasteiger partial charge in [0, 0.05) is 19.5 Å². The Morgan fingerprint density at radius 3 is 3.00 bits per heavy atom. The summed E-state index contributed by atoms with van der Waals surface area (Å²) in [6.45, 7) is 3.08. The third-order valence-electron chi connectivity index (χ3n) is 3.77. The van der Waals surface area contributed by atoms with Gasteiger partial charge >= 0.3 is 0 Å². The Morgan fingerprint density at radius 1 is 1.38 bits per heavy atom. The Labute approximate surface area is 123 Å². The van der Waals surface area contributed by atoms with Gasteiger partial charge in [-0.2, -0.15) is 0 Å². The molecule has 2 aliphatic rings. The Kier molecular flexibility index (Phi) is 3.68. The highest BCUT2D eigenvalue weighted by atomic mass is 16.7. The lowest BCUT2D eigenvalue weighted by Crippen LogP contribution is -2.44. The van der Waals surface area contributed by atoms with E-state index in [4.69, 9.17) is 9.47 Å². The first-order chi connectivity index (χ1) is 10.2. The van der Waals surface area contributed by atoms with Crippen molar-refractivity contribution in [2.24, 2.45) is 0 Å². The van der Waals surface area contributed by atoms with Gasteiger partial charge in [0.25, 0.3) is 0 Å². The number of fused-ring (bicyclic) bond motifs is 1. The Morgan fingerprint density at radius 2 is 2.19 bits per heavy atom. The van der Waals surface area contributed by atoms with Crippen LogP contribution in [0.5, 0.6) is 11.5 Å². The number of benzene rings is 1.